The first kappa shape index (κ1) is 17.8. The molecule has 0 spiro atoms. The van der Waals surface area contributed by atoms with E-state index in [0.717, 1.165) is 22.3 Å². The summed E-state index contributed by atoms with van der Waals surface area (Å²) < 4.78 is 0. The highest BCUT2D eigenvalue weighted by Crippen LogP contribution is 2.37. The van der Waals surface area contributed by atoms with Gasteiger partial charge < -0.3 is 21.5 Å². The molecule has 5 heteroatoms. The van der Waals surface area contributed by atoms with Gasteiger partial charge in [-0.3, -0.25) is 0 Å². The van der Waals surface area contributed by atoms with Gasteiger partial charge >= 0.3 is 5.97 Å². The van der Waals surface area contributed by atoms with Crippen molar-refractivity contribution >= 4 is 17.3 Å². The first-order valence-electron chi connectivity index (χ1n) is 8.21. The second kappa shape index (κ2) is 7.84. The molecular formula is C19H25N3O2. The molecule has 0 radical (unpaired) electrons. The summed E-state index contributed by atoms with van der Waals surface area (Å²) in [5, 5.41) is 16.1. The Kier molecular flexibility index (Phi) is 5.82. The van der Waals surface area contributed by atoms with Gasteiger partial charge in [0.2, 0.25) is 0 Å². The van der Waals surface area contributed by atoms with Gasteiger partial charge in [-0.15, -0.1) is 0 Å². The number of nitrogens with two attached hydrogens (primary N) is 1. The summed E-state index contributed by atoms with van der Waals surface area (Å²) in [6, 6.07) is 9.97. The monoisotopic (exact) mass is 327 g/mol. The zero-order valence-corrected chi connectivity index (χ0v) is 14.4. The molecule has 0 aromatic heterocycles. The summed E-state index contributed by atoms with van der Waals surface area (Å²) >= 11 is 0. The van der Waals surface area contributed by atoms with E-state index in [1.807, 2.05) is 51.1 Å². The molecule has 5 nitrogen and oxygen atoms in total. The van der Waals surface area contributed by atoms with Gasteiger partial charge in [-0.1, -0.05) is 24.3 Å². The van der Waals surface area contributed by atoms with Gasteiger partial charge in [-0.25, -0.2) is 4.79 Å². The average Bonchev–Trinajstić information content (AvgIpc) is 2.57. The average molecular weight is 327 g/mol. The summed E-state index contributed by atoms with van der Waals surface area (Å²) in [4.78, 5) is 11.8. The molecule has 5 N–H and O–H groups in total. The quantitative estimate of drug-likeness (QED) is 0.623. The predicted octanol–water partition coefficient (Wildman–Crippen LogP) is 3.68. The normalized spacial score (nSPS) is 10.5. The van der Waals surface area contributed by atoms with Gasteiger partial charge in [-0.2, -0.15) is 0 Å². The first-order chi connectivity index (χ1) is 11.5. The zero-order chi connectivity index (χ0) is 17.7. The Hall–Kier alpha value is -2.53. The molecule has 0 atom stereocenters. The minimum absolute atomic E-state index is 0.290. The number of benzene rings is 2. The molecule has 0 saturated heterocycles. The van der Waals surface area contributed by atoms with Gasteiger partial charge in [0.15, 0.2) is 0 Å². The van der Waals surface area contributed by atoms with Crippen molar-refractivity contribution in [2.24, 2.45) is 5.73 Å². The predicted molar refractivity (Wildman–Crippen MR) is 99.8 cm³/mol. The third-order valence-corrected chi connectivity index (χ3v) is 4.02. The smallest absolute Gasteiger partial charge is 0.339 e. The van der Waals surface area contributed by atoms with Crippen LogP contribution >= 0.6 is 0 Å². The number of nitrogens with one attached hydrogen (secondary N) is 2. The summed E-state index contributed by atoms with van der Waals surface area (Å²) in [5.41, 5.74) is 11.3. The van der Waals surface area contributed by atoms with Crippen LogP contribution in [0.4, 0.5) is 11.4 Å². The minimum Gasteiger partial charge on any atom is -0.478 e. The van der Waals surface area contributed by atoms with Crippen molar-refractivity contribution in [2.45, 2.75) is 27.3 Å². The highest BCUT2D eigenvalue weighted by molar-refractivity contribution is 6.03. The fourth-order valence-corrected chi connectivity index (χ4v) is 2.85. The van der Waals surface area contributed by atoms with Crippen LogP contribution in [0.5, 0.6) is 0 Å². The Morgan fingerprint density at radius 1 is 1.12 bits per heavy atom. The van der Waals surface area contributed by atoms with Crippen molar-refractivity contribution in [1.29, 1.82) is 0 Å². The van der Waals surface area contributed by atoms with E-state index in [9.17, 15) is 9.90 Å². The number of hydrogen-bond acceptors (Lipinski definition) is 4. The largest absolute Gasteiger partial charge is 0.478 e. The molecule has 24 heavy (non-hydrogen) atoms. The van der Waals surface area contributed by atoms with E-state index in [1.54, 1.807) is 0 Å². The van der Waals surface area contributed by atoms with Crippen molar-refractivity contribution < 1.29 is 9.90 Å². The first-order valence-corrected chi connectivity index (χ1v) is 8.21. The molecule has 0 aliphatic carbocycles. The van der Waals surface area contributed by atoms with Crippen LogP contribution in [-0.4, -0.2) is 24.2 Å². The van der Waals surface area contributed by atoms with Crippen LogP contribution in [0.2, 0.25) is 0 Å². The molecule has 0 heterocycles. The molecule has 0 amide bonds. The summed E-state index contributed by atoms with van der Waals surface area (Å²) in [6.45, 7) is 7.67. The third-order valence-electron chi connectivity index (χ3n) is 4.02. The molecule has 2 aromatic rings. The van der Waals surface area contributed by atoms with E-state index in [-0.39, 0.29) is 0 Å². The van der Waals surface area contributed by atoms with Crippen LogP contribution < -0.4 is 16.4 Å². The number of carboxylic acids is 1. The highest BCUT2D eigenvalue weighted by Gasteiger charge is 2.20. The van der Waals surface area contributed by atoms with E-state index >= 15 is 0 Å². The lowest BCUT2D eigenvalue weighted by Crippen LogP contribution is -2.13. The fraction of sp³-hybridized carbons (Fsp3) is 0.316. The maximum atomic E-state index is 11.8. The van der Waals surface area contributed by atoms with Crippen LogP contribution in [0.1, 0.15) is 35.3 Å². The van der Waals surface area contributed by atoms with Crippen molar-refractivity contribution in [2.75, 3.05) is 23.7 Å². The van der Waals surface area contributed by atoms with Gasteiger partial charge in [0.1, 0.15) is 5.56 Å². The Morgan fingerprint density at radius 3 is 2.25 bits per heavy atom. The Labute approximate surface area is 142 Å². The molecule has 0 bridgehead atoms. The number of aromatic carboxylic acids is 1. The summed E-state index contributed by atoms with van der Waals surface area (Å²) in [7, 11) is 0. The van der Waals surface area contributed by atoms with Crippen molar-refractivity contribution in [3.05, 3.63) is 47.0 Å². The highest BCUT2D eigenvalue weighted by atomic mass is 16.4. The molecule has 128 valence electrons. The van der Waals surface area contributed by atoms with Gasteiger partial charge in [0.05, 0.1) is 11.4 Å². The van der Waals surface area contributed by atoms with Crippen molar-refractivity contribution in [3.8, 4) is 11.1 Å². The molecule has 0 saturated carbocycles. The number of rotatable bonds is 7. The van der Waals surface area contributed by atoms with Crippen molar-refractivity contribution in [1.82, 2.24) is 0 Å². The number of anilines is 2. The number of carbonyl (C=O) groups is 1. The Bertz CT molecular complexity index is 724. The van der Waals surface area contributed by atoms with E-state index in [1.165, 1.54) is 0 Å². The zero-order valence-electron chi connectivity index (χ0n) is 14.4. The minimum atomic E-state index is -0.935. The van der Waals surface area contributed by atoms with Crippen LogP contribution in [0.25, 0.3) is 11.1 Å². The lowest BCUT2D eigenvalue weighted by atomic mass is 9.93. The molecule has 0 unspecified atom stereocenters. The van der Waals surface area contributed by atoms with Crippen LogP contribution in [-0.2, 0) is 6.54 Å². The molecule has 0 aliphatic rings. The van der Waals surface area contributed by atoms with Crippen LogP contribution in [0.3, 0.4) is 0 Å². The van der Waals surface area contributed by atoms with Gasteiger partial charge in [0, 0.05) is 19.6 Å². The van der Waals surface area contributed by atoms with Crippen LogP contribution in [0.15, 0.2) is 30.3 Å². The molecular weight excluding hydrogens is 302 g/mol. The van der Waals surface area contributed by atoms with Crippen LogP contribution in [0, 0.1) is 6.92 Å². The van der Waals surface area contributed by atoms with E-state index in [4.69, 9.17) is 5.73 Å². The molecule has 2 rings (SSSR count). The topological polar surface area (TPSA) is 87.4 Å². The second-order valence-corrected chi connectivity index (χ2v) is 5.61. The van der Waals surface area contributed by atoms with Gasteiger partial charge in [0.25, 0.3) is 0 Å². The number of hydrogen-bond donors (Lipinski definition) is 4. The van der Waals surface area contributed by atoms with E-state index in [0.29, 0.717) is 36.6 Å². The molecule has 0 aliphatic heterocycles. The standard InChI is InChI=1S/C19H25N3O2/c1-4-21-16-10-15(14-8-6-13(11-20)7-9-14)12(3)18(22-5-2)17(16)19(23)24/h6-10,21-22H,4-5,11,20H2,1-3H3,(H,23,24). The third kappa shape index (κ3) is 3.51. The Balaban J connectivity index is 2.68. The lowest BCUT2D eigenvalue weighted by molar-refractivity contribution is 0.0699. The lowest BCUT2D eigenvalue weighted by Gasteiger charge is -2.20. The van der Waals surface area contributed by atoms with E-state index < -0.39 is 5.97 Å². The molecule has 2 aromatic carbocycles. The maximum Gasteiger partial charge on any atom is 0.339 e. The maximum absolute atomic E-state index is 11.8. The SMILES string of the molecule is CCNc1cc(-c2ccc(CN)cc2)c(C)c(NCC)c1C(=O)O. The summed E-state index contributed by atoms with van der Waals surface area (Å²) in [6.07, 6.45) is 0. The summed E-state index contributed by atoms with van der Waals surface area (Å²) in [5.74, 6) is -0.935. The van der Waals surface area contributed by atoms with Crippen molar-refractivity contribution in [3.63, 3.8) is 0 Å². The molecule has 0 fully saturated rings. The Morgan fingerprint density at radius 2 is 1.75 bits per heavy atom. The van der Waals surface area contributed by atoms with Gasteiger partial charge in [-0.05, 0) is 49.1 Å². The number of carboxylic acid groups (broad SMARTS) is 1. The fourth-order valence-electron chi connectivity index (χ4n) is 2.85. The second-order valence-electron chi connectivity index (χ2n) is 5.61. The van der Waals surface area contributed by atoms with E-state index in [2.05, 4.69) is 10.6 Å².